The number of ether oxygens (including phenoxy) is 1. The summed E-state index contributed by atoms with van der Waals surface area (Å²) in [5, 5.41) is 16.5. The lowest BCUT2D eigenvalue weighted by Crippen LogP contribution is -2.48. The Balaban J connectivity index is 4.69. The molecule has 2 unspecified atom stereocenters. The van der Waals surface area contributed by atoms with Crippen LogP contribution in [0.2, 0.25) is 0 Å². The maximum atomic E-state index is 12.5. The van der Waals surface area contributed by atoms with Gasteiger partial charge in [-0.05, 0) is 5.92 Å². The minimum Gasteiger partial charge on any atom is -0.418 e. The standard InChI is InChI=1S/C17H29N3O7/c1-10(2)14(15(24)11(9-21)8-13(23)18-5)20-12(22)6-7-19-16(25)27-17(3,4)26/h9-11,14,26H,6-8H2,1-5H3,(H,18,23)(H,19,25)(H,20,22). The molecule has 0 heterocycles. The molecule has 0 radical (unpaired) electrons. The molecule has 0 rings (SSSR count). The number of carbonyl (C=O) groups is 5. The van der Waals surface area contributed by atoms with E-state index >= 15 is 0 Å². The van der Waals surface area contributed by atoms with Crippen molar-refractivity contribution >= 4 is 30.0 Å². The van der Waals surface area contributed by atoms with E-state index in [1.165, 1.54) is 20.9 Å². The lowest BCUT2D eigenvalue weighted by Gasteiger charge is -2.23. The second-order valence-electron chi connectivity index (χ2n) is 6.82. The quantitative estimate of drug-likeness (QED) is 0.212. The molecule has 0 saturated carbocycles. The minimum absolute atomic E-state index is 0.0743. The fraction of sp³-hybridized carbons (Fsp3) is 0.706. The Morgan fingerprint density at radius 1 is 1.15 bits per heavy atom. The number of Topliss-reactive ketones (excluding diaryl/α,β-unsaturated/α-hetero) is 1. The molecule has 0 fully saturated rings. The highest BCUT2D eigenvalue weighted by Crippen LogP contribution is 2.12. The summed E-state index contributed by atoms with van der Waals surface area (Å²) in [5.74, 6) is -4.62. The topological polar surface area (TPSA) is 151 Å². The van der Waals surface area contributed by atoms with E-state index in [0.717, 1.165) is 0 Å². The van der Waals surface area contributed by atoms with Crippen molar-refractivity contribution < 1.29 is 33.8 Å². The molecule has 2 atom stereocenters. The van der Waals surface area contributed by atoms with Crippen LogP contribution in [0, 0.1) is 11.8 Å². The van der Waals surface area contributed by atoms with Gasteiger partial charge in [0.25, 0.3) is 0 Å². The van der Waals surface area contributed by atoms with Crippen LogP contribution in [-0.2, 0) is 23.9 Å². The summed E-state index contributed by atoms with van der Waals surface area (Å²) in [5.41, 5.74) is 0. The Bertz CT molecular complexity index is 555. The second-order valence-corrected chi connectivity index (χ2v) is 6.82. The molecule has 0 aromatic rings. The normalized spacial score (nSPS) is 13.3. The van der Waals surface area contributed by atoms with Crippen LogP contribution in [0.1, 0.15) is 40.5 Å². The van der Waals surface area contributed by atoms with Crippen LogP contribution in [0.5, 0.6) is 0 Å². The highest BCUT2D eigenvalue weighted by Gasteiger charge is 2.31. The first-order chi connectivity index (χ1) is 12.4. The van der Waals surface area contributed by atoms with Crippen molar-refractivity contribution in [1.29, 1.82) is 0 Å². The highest BCUT2D eigenvalue weighted by atomic mass is 16.7. The van der Waals surface area contributed by atoms with Crippen LogP contribution in [-0.4, -0.2) is 60.5 Å². The highest BCUT2D eigenvalue weighted by molar-refractivity contribution is 6.01. The molecule has 10 heteroatoms. The zero-order valence-corrected chi connectivity index (χ0v) is 16.3. The lowest BCUT2D eigenvalue weighted by atomic mass is 9.89. The lowest BCUT2D eigenvalue weighted by molar-refractivity contribution is -0.136. The number of alkyl carbamates (subject to hydrolysis) is 1. The van der Waals surface area contributed by atoms with Gasteiger partial charge >= 0.3 is 6.09 Å². The van der Waals surface area contributed by atoms with Crippen molar-refractivity contribution in [2.45, 2.75) is 52.4 Å². The summed E-state index contributed by atoms with van der Waals surface area (Å²) in [4.78, 5) is 58.5. The van der Waals surface area contributed by atoms with Gasteiger partial charge in [0.15, 0.2) is 5.78 Å². The van der Waals surface area contributed by atoms with Crippen molar-refractivity contribution in [2.75, 3.05) is 13.6 Å². The molecule has 0 aromatic carbocycles. The van der Waals surface area contributed by atoms with Crippen LogP contribution in [0.25, 0.3) is 0 Å². The average molecular weight is 387 g/mol. The molecule has 27 heavy (non-hydrogen) atoms. The number of hydrogen-bond donors (Lipinski definition) is 4. The van der Waals surface area contributed by atoms with Gasteiger partial charge in [-0.1, -0.05) is 13.8 Å². The van der Waals surface area contributed by atoms with Crippen LogP contribution < -0.4 is 16.0 Å². The fourth-order valence-corrected chi connectivity index (χ4v) is 2.10. The predicted molar refractivity (Wildman–Crippen MR) is 95.4 cm³/mol. The summed E-state index contributed by atoms with van der Waals surface area (Å²) in [6.45, 7) is 5.88. The van der Waals surface area contributed by atoms with E-state index in [9.17, 15) is 29.1 Å². The van der Waals surface area contributed by atoms with Crippen molar-refractivity contribution in [1.82, 2.24) is 16.0 Å². The first kappa shape index (κ1) is 24.5. The van der Waals surface area contributed by atoms with Gasteiger partial charge in [-0.3, -0.25) is 14.4 Å². The molecular weight excluding hydrogens is 358 g/mol. The van der Waals surface area contributed by atoms with Crippen molar-refractivity contribution in [3.05, 3.63) is 0 Å². The molecular formula is C17H29N3O7. The van der Waals surface area contributed by atoms with Gasteiger partial charge < -0.3 is 30.6 Å². The van der Waals surface area contributed by atoms with Crippen molar-refractivity contribution in [2.24, 2.45) is 11.8 Å². The molecule has 0 bridgehead atoms. The smallest absolute Gasteiger partial charge is 0.409 e. The Labute approximate surface area is 158 Å². The number of amides is 3. The monoisotopic (exact) mass is 387 g/mol. The average Bonchev–Trinajstić information content (AvgIpc) is 2.54. The number of carbonyl (C=O) groups excluding carboxylic acids is 5. The first-order valence-corrected chi connectivity index (χ1v) is 8.59. The number of aldehydes is 1. The molecule has 10 nitrogen and oxygen atoms in total. The van der Waals surface area contributed by atoms with Gasteiger partial charge in [0.05, 0.1) is 12.0 Å². The third-order valence-electron chi connectivity index (χ3n) is 3.47. The van der Waals surface area contributed by atoms with E-state index in [1.54, 1.807) is 13.8 Å². The van der Waals surface area contributed by atoms with Crippen molar-refractivity contribution in [3.63, 3.8) is 0 Å². The number of aliphatic hydroxyl groups is 1. The van der Waals surface area contributed by atoms with Gasteiger partial charge in [-0.25, -0.2) is 4.79 Å². The number of hydrogen-bond acceptors (Lipinski definition) is 7. The van der Waals surface area contributed by atoms with Crippen LogP contribution in [0.15, 0.2) is 0 Å². The third kappa shape index (κ3) is 10.3. The van der Waals surface area contributed by atoms with Crippen LogP contribution in [0.3, 0.4) is 0 Å². The number of nitrogens with one attached hydrogen (secondary N) is 3. The number of ketones is 1. The van der Waals surface area contributed by atoms with Gasteiger partial charge in [0, 0.05) is 40.3 Å². The molecule has 154 valence electrons. The van der Waals surface area contributed by atoms with E-state index < -0.39 is 41.4 Å². The fourth-order valence-electron chi connectivity index (χ4n) is 2.10. The predicted octanol–water partition coefficient (Wildman–Crippen LogP) is -0.508. The molecule has 0 aliphatic heterocycles. The summed E-state index contributed by atoms with van der Waals surface area (Å²) >= 11 is 0. The van der Waals surface area contributed by atoms with Gasteiger partial charge in [-0.2, -0.15) is 0 Å². The molecule has 0 aliphatic rings. The number of rotatable bonds is 11. The Morgan fingerprint density at radius 2 is 1.74 bits per heavy atom. The second kappa shape index (κ2) is 11.3. The molecule has 0 aliphatic carbocycles. The van der Waals surface area contributed by atoms with Gasteiger partial charge in [0.2, 0.25) is 17.6 Å². The van der Waals surface area contributed by atoms with E-state index in [-0.39, 0.29) is 25.3 Å². The maximum Gasteiger partial charge on any atom is 0.409 e. The first-order valence-electron chi connectivity index (χ1n) is 8.59. The Hall–Kier alpha value is -2.49. The summed E-state index contributed by atoms with van der Waals surface area (Å²) in [6, 6.07) is -0.944. The Kier molecular flexibility index (Phi) is 10.2. The maximum absolute atomic E-state index is 12.5. The molecule has 3 amide bonds. The minimum atomic E-state index is -1.64. The van der Waals surface area contributed by atoms with Crippen LogP contribution in [0.4, 0.5) is 4.79 Å². The summed E-state index contributed by atoms with van der Waals surface area (Å²) in [6.07, 6.45) is -0.924. The van der Waals surface area contributed by atoms with E-state index in [1.807, 2.05) is 0 Å². The van der Waals surface area contributed by atoms with Gasteiger partial charge in [0.1, 0.15) is 6.29 Å². The summed E-state index contributed by atoms with van der Waals surface area (Å²) in [7, 11) is 1.40. The molecule has 0 aromatic heterocycles. The Morgan fingerprint density at radius 3 is 2.19 bits per heavy atom. The van der Waals surface area contributed by atoms with E-state index in [0.29, 0.717) is 6.29 Å². The van der Waals surface area contributed by atoms with Gasteiger partial charge in [-0.15, -0.1) is 0 Å². The molecule has 0 saturated heterocycles. The zero-order valence-electron chi connectivity index (χ0n) is 16.3. The van der Waals surface area contributed by atoms with E-state index in [2.05, 4.69) is 20.7 Å². The summed E-state index contributed by atoms with van der Waals surface area (Å²) < 4.78 is 4.61. The molecule has 4 N–H and O–H groups in total. The SMILES string of the molecule is CNC(=O)CC(C=O)C(=O)C(NC(=O)CCNC(=O)OC(C)(C)O)C(C)C. The van der Waals surface area contributed by atoms with E-state index in [4.69, 9.17) is 0 Å². The van der Waals surface area contributed by atoms with Crippen LogP contribution >= 0.6 is 0 Å². The third-order valence-corrected chi connectivity index (χ3v) is 3.47. The van der Waals surface area contributed by atoms with Crippen molar-refractivity contribution in [3.8, 4) is 0 Å². The molecule has 0 spiro atoms. The zero-order chi connectivity index (χ0) is 21.2. The largest absolute Gasteiger partial charge is 0.418 e.